The summed E-state index contributed by atoms with van der Waals surface area (Å²) in [6.07, 6.45) is 1.62. The van der Waals surface area contributed by atoms with Gasteiger partial charge in [0.1, 0.15) is 11.4 Å². The van der Waals surface area contributed by atoms with E-state index in [1.807, 2.05) is 36.4 Å². The standard InChI is InChI=1S/C31H25BrN2O4S/c1-38-26-11-5-9-23(18-26)29(35)20-39-27-12-6-10-25(19-27)33-31(37)28(17-21-13-15-24(32)16-14-21)34-30(36)22-7-3-2-4-8-22/h2-19H,20H2,1H3,(H,33,37)(H,34,36)/b28-17-. The predicted molar refractivity (Wildman–Crippen MR) is 159 cm³/mol. The number of methoxy groups -OCH3 is 1. The number of hydrogen-bond acceptors (Lipinski definition) is 5. The van der Waals surface area contributed by atoms with E-state index in [1.165, 1.54) is 11.8 Å². The van der Waals surface area contributed by atoms with Crippen LogP contribution in [0.1, 0.15) is 26.3 Å². The van der Waals surface area contributed by atoms with E-state index in [0.717, 1.165) is 14.9 Å². The molecular formula is C31H25BrN2O4S. The van der Waals surface area contributed by atoms with E-state index in [1.54, 1.807) is 79.9 Å². The fourth-order valence-corrected chi connectivity index (χ4v) is 4.67. The number of ketones is 1. The molecule has 0 bridgehead atoms. The molecule has 4 aromatic carbocycles. The third kappa shape index (κ3) is 8.17. The van der Waals surface area contributed by atoms with E-state index >= 15 is 0 Å². The molecule has 4 rings (SSSR count). The van der Waals surface area contributed by atoms with Gasteiger partial charge >= 0.3 is 0 Å². The van der Waals surface area contributed by atoms with Crippen LogP contribution in [0.25, 0.3) is 6.08 Å². The summed E-state index contributed by atoms with van der Waals surface area (Å²) in [7, 11) is 1.56. The Hall–Kier alpha value is -4.14. The van der Waals surface area contributed by atoms with Crippen LogP contribution in [-0.2, 0) is 4.79 Å². The number of benzene rings is 4. The Labute approximate surface area is 239 Å². The monoisotopic (exact) mass is 600 g/mol. The minimum atomic E-state index is -0.475. The van der Waals surface area contributed by atoms with Crippen LogP contribution in [0, 0.1) is 0 Å². The number of halogens is 1. The molecule has 0 unspecified atom stereocenters. The smallest absolute Gasteiger partial charge is 0.272 e. The van der Waals surface area contributed by atoms with Crippen LogP contribution in [-0.4, -0.2) is 30.5 Å². The van der Waals surface area contributed by atoms with Gasteiger partial charge in [0.05, 0.1) is 12.9 Å². The third-order valence-corrected chi connectivity index (χ3v) is 7.09. The van der Waals surface area contributed by atoms with E-state index in [-0.39, 0.29) is 17.2 Å². The van der Waals surface area contributed by atoms with Crippen molar-refractivity contribution in [1.82, 2.24) is 5.32 Å². The molecule has 0 atom stereocenters. The molecule has 6 nitrogen and oxygen atoms in total. The molecule has 0 heterocycles. The number of nitrogens with one attached hydrogen (secondary N) is 2. The maximum Gasteiger partial charge on any atom is 0.272 e. The van der Waals surface area contributed by atoms with Crippen LogP contribution in [0.5, 0.6) is 5.75 Å². The van der Waals surface area contributed by atoms with Gasteiger partial charge in [-0.2, -0.15) is 0 Å². The predicted octanol–water partition coefficient (Wildman–Crippen LogP) is 6.84. The Morgan fingerprint density at radius 2 is 1.56 bits per heavy atom. The first-order valence-corrected chi connectivity index (χ1v) is 13.7. The van der Waals surface area contributed by atoms with Crippen LogP contribution in [0.3, 0.4) is 0 Å². The van der Waals surface area contributed by atoms with Gasteiger partial charge in [-0.05, 0) is 66.2 Å². The third-order valence-electron chi connectivity index (χ3n) is 5.56. The lowest BCUT2D eigenvalue weighted by Gasteiger charge is -2.12. The fourth-order valence-electron chi connectivity index (χ4n) is 3.56. The molecular weight excluding hydrogens is 576 g/mol. The molecule has 0 saturated carbocycles. The van der Waals surface area contributed by atoms with Gasteiger partial charge < -0.3 is 15.4 Å². The average Bonchev–Trinajstić information content (AvgIpc) is 2.97. The first-order chi connectivity index (χ1) is 18.9. The highest BCUT2D eigenvalue weighted by atomic mass is 79.9. The lowest BCUT2D eigenvalue weighted by atomic mass is 10.1. The zero-order valence-corrected chi connectivity index (χ0v) is 23.4. The number of hydrogen-bond donors (Lipinski definition) is 2. The number of ether oxygens (including phenoxy) is 1. The van der Waals surface area contributed by atoms with Crippen molar-refractivity contribution in [3.05, 3.63) is 130 Å². The first-order valence-electron chi connectivity index (χ1n) is 12.0. The highest BCUT2D eigenvalue weighted by Gasteiger charge is 2.16. The molecule has 0 aliphatic carbocycles. The summed E-state index contributed by atoms with van der Waals surface area (Å²) in [5.74, 6) is -0.0447. The van der Waals surface area contributed by atoms with Gasteiger partial charge in [-0.15, -0.1) is 11.8 Å². The van der Waals surface area contributed by atoms with Gasteiger partial charge in [0, 0.05) is 26.2 Å². The number of Topliss-reactive ketones (excluding diaryl/α,β-unsaturated/α-hetero) is 1. The van der Waals surface area contributed by atoms with Crippen LogP contribution < -0.4 is 15.4 Å². The molecule has 196 valence electrons. The minimum Gasteiger partial charge on any atom is -0.497 e. The summed E-state index contributed by atoms with van der Waals surface area (Å²) >= 11 is 4.77. The van der Waals surface area contributed by atoms with Crippen molar-refractivity contribution in [3.63, 3.8) is 0 Å². The molecule has 0 radical (unpaired) electrons. The molecule has 39 heavy (non-hydrogen) atoms. The SMILES string of the molecule is COc1cccc(C(=O)CSc2cccc(NC(=O)/C(=C/c3ccc(Br)cc3)NC(=O)c3ccccc3)c2)c1. The summed E-state index contributed by atoms with van der Waals surface area (Å²) in [6, 6.07) is 30.3. The van der Waals surface area contributed by atoms with Crippen molar-refractivity contribution in [3.8, 4) is 5.75 Å². The van der Waals surface area contributed by atoms with Gasteiger partial charge in [-0.25, -0.2) is 0 Å². The maximum absolute atomic E-state index is 13.3. The number of anilines is 1. The summed E-state index contributed by atoms with van der Waals surface area (Å²) in [5, 5.41) is 5.60. The van der Waals surface area contributed by atoms with Crippen molar-refractivity contribution >= 4 is 57.1 Å². The van der Waals surface area contributed by atoms with Crippen LogP contribution in [0.2, 0.25) is 0 Å². The molecule has 0 spiro atoms. The Morgan fingerprint density at radius 3 is 2.31 bits per heavy atom. The van der Waals surface area contributed by atoms with Gasteiger partial charge in [0.25, 0.3) is 11.8 Å². The molecule has 0 fully saturated rings. The number of thioether (sulfide) groups is 1. The lowest BCUT2D eigenvalue weighted by Crippen LogP contribution is -2.30. The highest BCUT2D eigenvalue weighted by Crippen LogP contribution is 2.24. The van der Waals surface area contributed by atoms with E-state index < -0.39 is 11.8 Å². The second-order valence-electron chi connectivity index (χ2n) is 8.36. The Morgan fingerprint density at radius 1 is 0.846 bits per heavy atom. The molecule has 0 aliphatic rings. The van der Waals surface area contributed by atoms with E-state index in [2.05, 4.69) is 26.6 Å². The van der Waals surface area contributed by atoms with Crippen molar-refractivity contribution in [1.29, 1.82) is 0 Å². The molecule has 2 amide bonds. The zero-order chi connectivity index (χ0) is 27.6. The highest BCUT2D eigenvalue weighted by molar-refractivity contribution is 9.10. The van der Waals surface area contributed by atoms with E-state index in [0.29, 0.717) is 22.6 Å². The molecule has 0 aromatic heterocycles. The average molecular weight is 602 g/mol. The van der Waals surface area contributed by atoms with Crippen molar-refractivity contribution in [2.45, 2.75) is 4.90 Å². The van der Waals surface area contributed by atoms with Gasteiger partial charge in [0.2, 0.25) is 0 Å². The number of carbonyl (C=O) groups is 3. The minimum absolute atomic E-state index is 0.0309. The second kappa shape index (κ2) is 13.6. The Balaban J connectivity index is 1.48. The fraction of sp³-hybridized carbons (Fsp3) is 0.0645. The van der Waals surface area contributed by atoms with Gasteiger partial charge in [-0.1, -0.05) is 64.5 Å². The molecule has 0 saturated heterocycles. The van der Waals surface area contributed by atoms with Gasteiger partial charge in [-0.3, -0.25) is 14.4 Å². The first kappa shape index (κ1) is 27.9. The maximum atomic E-state index is 13.3. The number of carbonyl (C=O) groups excluding carboxylic acids is 3. The van der Waals surface area contributed by atoms with Crippen LogP contribution in [0.4, 0.5) is 5.69 Å². The quantitative estimate of drug-likeness (QED) is 0.118. The molecule has 8 heteroatoms. The van der Waals surface area contributed by atoms with Crippen LogP contribution in [0.15, 0.2) is 118 Å². The summed E-state index contributed by atoms with van der Waals surface area (Å²) in [4.78, 5) is 39.6. The molecule has 2 N–H and O–H groups in total. The summed E-state index contributed by atoms with van der Waals surface area (Å²) in [6.45, 7) is 0. The largest absolute Gasteiger partial charge is 0.497 e. The number of rotatable bonds is 10. The molecule has 0 aliphatic heterocycles. The van der Waals surface area contributed by atoms with Crippen LogP contribution >= 0.6 is 27.7 Å². The molecule has 4 aromatic rings. The summed E-state index contributed by atoms with van der Waals surface area (Å²) in [5.41, 5.74) is 2.39. The Kier molecular flexibility index (Phi) is 9.72. The van der Waals surface area contributed by atoms with E-state index in [9.17, 15) is 14.4 Å². The Bertz CT molecular complexity index is 1500. The van der Waals surface area contributed by atoms with Crippen molar-refractivity contribution in [2.75, 3.05) is 18.2 Å². The second-order valence-corrected chi connectivity index (χ2v) is 10.3. The lowest BCUT2D eigenvalue weighted by molar-refractivity contribution is -0.113. The topological polar surface area (TPSA) is 84.5 Å². The zero-order valence-electron chi connectivity index (χ0n) is 21.0. The van der Waals surface area contributed by atoms with Gasteiger partial charge in [0.15, 0.2) is 5.78 Å². The normalized spacial score (nSPS) is 11.0. The number of amides is 2. The van der Waals surface area contributed by atoms with Crippen molar-refractivity contribution < 1.29 is 19.1 Å². The summed E-state index contributed by atoms with van der Waals surface area (Å²) < 4.78 is 6.10. The van der Waals surface area contributed by atoms with E-state index in [4.69, 9.17) is 4.74 Å². The van der Waals surface area contributed by atoms with Crippen molar-refractivity contribution in [2.24, 2.45) is 0 Å².